The van der Waals surface area contributed by atoms with Crippen LogP contribution in [0.15, 0.2) is 18.2 Å². The molecule has 1 aromatic carbocycles. The van der Waals surface area contributed by atoms with Crippen LogP contribution in [-0.2, 0) is 6.42 Å². The van der Waals surface area contributed by atoms with Crippen molar-refractivity contribution in [3.63, 3.8) is 0 Å². The van der Waals surface area contributed by atoms with Crippen LogP contribution in [0.5, 0.6) is 5.75 Å². The van der Waals surface area contributed by atoms with Crippen molar-refractivity contribution in [1.82, 2.24) is 5.32 Å². The van der Waals surface area contributed by atoms with E-state index in [-0.39, 0.29) is 5.41 Å². The number of hydrogen-bond donors (Lipinski definition) is 1. The average Bonchev–Trinajstić information content (AvgIpc) is 2.39. The lowest BCUT2D eigenvalue weighted by Crippen LogP contribution is -2.38. The number of nitrogens with one attached hydrogen (secondary N) is 1. The van der Waals surface area contributed by atoms with E-state index in [1.807, 2.05) is 0 Å². The van der Waals surface area contributed by atoms with Gasteiger partial charge in [-0.15, -0.1) is 0 Å². The normalized spacial score (nSPS) is 14.3. The molecule has 0 amide bonds. The predicted octanol–water partition coefficient (Wildman–Crippen LogP) is 4.21. The third-order valence-electron chi connectivity index (χ3n) is 4.38. The Balaban J connectivity index is 2.92. The Morgan fingerprint density at radius 2 is 2.00 bits per heavy atom. The summed E-state index contributed by atoms with van der Waals surface area (Å²) >= 11 is 0. The predicted molar refractivity (Wildman–Crippen MR) is 87.5 cm³/mol. The second-order valence-electron chi connectivity index (χ2n) is 6.48. The molecule has 114 valence electrons. The van der Waals surface area contributed by atoms with Crippen LogP contribution in [0, 0.1) is 18.3 Å². The van der Waals surface area contributed by atoms with Gasteiger partial charge in [-0.25, -0.2) is 0 Å². The largest absolute Gasteiger partial charge is 0.496 e. The van der Waals surface area contributed by atoms with Gasteiger partial charge in [0, 0.05) is 6.54 Å². The van der Waals surface area contributed by atoms with E-state index in [0.717, 1.165) is 25.3 Å². The molecule has 0 saturated heterocycles. The molecular weight excluding hydrogens is 246 g/mol. The Bertz CT molecular complexity index is 414. The monoisotopic (exact) mass is 277 g/mol. The van der Waals surface area contributed by atoms with Crippen molar-refractivity contribution in [2.24, 2.45) is 11.3 Å². The number of benzene rings is 1. The molecule has 0 radical (unpaired) electrons. The van der Waals surface area contributed by atoms with Gasteiger partial charge in [0.15, 0.2) is 0 Å². The van der Waals surface area contributed by atoms with Gasteiger partial charge in [-0.1, -0.05) is 45.4 Å². The number of methoxy groups -OCH3 is 1. The molecule has 1 rings (SSSR count). The van der Waals surface area contributed by atoms with Crippen molar-refractivity contribution in [1.29, 1.82) is 0 Å². The van der Waals surface area contributed by atoms with Gasteiger partial charge >= 0.3 is 0 Å². The zero-order valence-electron chi connectivity index (χ0n) is 14.0. The van der Waals surface area contributed by atoms with Crippen LogP contribution >= 0.6 is 0 Å². The number of ether oxygens (including phenoxy) is 1. The molecule has 0 heterocycles. The van der Waals surface area contributed by atoms with Crippen LogP contribution in [0.1, 0.15) is 45.2 Å². The molecular formula is C18H31NO. The van der Waals surface area contributed by atoms with Gasteiger partial charge in [0.25, 0.3) is 0 Å². The summed E-state index contributed by atoms with van der Waals surface area (Å²) < 4.78 is 5.53. The third-order valence-corrected chi connectivity index (χ3v) is 4.38. The maximum absolute atomic E-state index is 5.53. The molecule has 2 heteroatoms. The van der Waals surface area contributed by atoms with Crippen molar-refractivity contribution >= 4 is 0 Å². The molecule has 0 aliphatic rings. The first-order valence-electron chi connectivity index (χ1n) is 7.77. The molecule has 0 spiro atoms. The SMILES string of the molecule is CCCNCC(C)(Cc1cc(C)ccc1OC)C(C)C. The minimum absolute atomic E-state index is 0.246. The highest BCUT2D eigenvalue weighted by atomic mass is 16.5. The van der Waals surface area contributed by atoms with Crippen molar-refractivity contribution in [3.05, 3.63) is 29.3 Å². The van der Waals surface area contributed by atoms with E-state index in [0.29, 0.717) is 5.92 Å². The standard InChI is InChI=1S/C18H31NO/c1-7-10-19-13-18(5,14(2)3)12-16-11-15(4)8-9-17(16)20-6/h8-9,11,14,19H,7,10,12-13H2,1-6H3. The fourth-order valence-corrected chi connectivity index (χ4v) is 2.50. The van der Waals surface area contributed by atoms with Crippen LogP contribution in [0.4, 0.5) is 0 Å². The highest BCUT2D eigenvalue weighted by molar-refractivity contribution is 5.37. The molecule has 20 heavy (non-hydrogen) atoms. The van der Waals surface area contributed by atoms with E-state index >= 15 is 0 Å². The minimum atomic E-state index is 0.246. The van der Waals surface area contributed by atoms with Gasteiger partial charge < -0.3 is 10.1 Å². The van der Waals surface area contributed by atoms with Gasteiger partial charge in [-0.05, 0) is 49.3 Å². The molecule has 0 aliphatic carbocycles. The Hall–Kier alpha value is -1.02. The summed E-state index contributed by atoms with van der Waals surface area (Å²) in [4.78, 5) is 0. The molecule has 1 atom stereocenters. The van der Waals surface area contributed by atoms with Gasteiger partial charge in [0.1, 0.15) is 5.75 Å². The lowest BCUT2D eigenvalue weighted by atomic mass is 9.74. The van der Waals surface area contributed by atoms with E-state index in [2.05, 4.69) is 58.1 Å². The number of hydrogen-bond acceptors (Lipinski definition) is 2. The first-order chi connectivity index (χ1) is 9.42. The summed E-state index contributed by atoms with van der Waals surface area (Å²) in [5.41, 5.74) is 2.87. The fraction of sp³-hybridized carbons (Fsp3) is 0.667. The molecule has 2 nitrogen and oxygen atoms in total. The average molecular weight is 277 g/mol. The molecule has 0 saturated carbocycles. The van der Waals surface area contributed by atoms with E-state index in [4.69, 9.17) is 4.74 Å². The Morgan fingerprint density at radius 1 is 1.30 bits per heavy atom. The van der Waals surface area contributed by atoms with Crippen LogP contribution < -0.4 is 10.1 Å². The molecule has 0 fully saturated rings. The van der Waals surface area contributed by atoms with Crippen LogP contribution in [-0.4, -0.2) is 20.2 Å². The quantitative estimate of drug-likeness (QED) is 0.719. The molecule has 1 aromatic rings. The zero-order valence-corrected chi connectivity index (χ0v) is 14.0. The molecule has 1 N–H and O–H groups in total. The molecule has 0 aliphatic heterocycles. The summed E-state index contributed by atoms with van der Waals surface area (Å²) in [5, 5.41) is 3.59. The second-order valence-corrected chi connectivity index (χ2v) is 6.48. The van der Waals surface area contributed by atoms with Gasteiger partial charge in [0.2, 0.25) is 0 Å². The Labute approximate surface area is 124 Å². The smallest absolute Gasteiger partial charge is 0.122 e. The fourth-order valence-electron chi connectivity index (χ4n) is 2.50. The van der Waals surface area contributed by atoms with Crippen molar-refractivity contribution in [3.8, 4) is 5.75 Å². The molecule has 0 aromatic heterocycles. The highest BCUT2D eigenvalue weighted by Gasteiger charge is 2.29. The number of rotatable bonds is 8. The molecule has 0 bridgehead atoms. The Kier molecular flexibility index (Phi) is 6.54. The lowest BCUT2D eigenvalue weighted by Gasteiger charge is -2.35. The summed E-state index contributed by atoms with van der Waals surface area (Å²) in [7, 11) is 1.76. The lowest BCUT2D eigenvalue weighted by molar-refractivity contribution is 0.205. The van der Waals surface area contributed by atoms with Crippen LogP contribution in [0.3, 0.4) is 0 Å². The Morgan fingerprint density at radius 3 is 2.55 bits per heavy atom. The first kappa shape index (κ1) is 17.0. The number of aryl methyl sites for hydroxylation is 1. The highest BCUT2D eigenvalue weighted by Crippen LogP contribution is 2.34. The van der Waals surface area contributed by atoms with Crippen molar-refractivity contribution < 1.29 is 4.74 Å². The minimum Gasteiger partial charge on any atom is -0.496 e. The van der Waals surface area contributed by atoms with Crippen LogP contribution in [0.25, 0.3) is 0 Å². The van der Waals surface area contributed by atoms with E-state index in [1.54, 1.807) is 7.11 Å². The maximum Gasteiger partial charge on any atom is 0.122 e. The summed E-state index contributed by atoms with van der Waals surface area (Å²) in [6.45, 7) is 13.5. The van der Waals surface area contributed by atoms with Gasteiger partial charge in [-0.2, -0.15) is 0 Å². The van der Waals surface area contributed by atoms with Gasteiger partial charge in [0.05, 0.1) is 7.11 Å². The van der Waals surface area contributed by atoms with Crippen LogP contribution in [0.2, 0.25) is 0 Å². The van der Waals surface area contributed by atoms with Gasteiger partial charge in [-0.3, -0.25) is 0 Å². The molecule has 1 unspecified atom stereocenters. The van der Waals surface area contributed by atoms with E-state index in [9.17, 15) is 0 Å². The second kappa shape index (κ2) is 7.68. The van der Waals surface area contributed by atoms with E-state index < -0.39 is 0 Å². The third kappa shape index (κ3) is 4.52. The van der Waals surface area contributed by atoms with Crippen molar-refractivity contribution in [2.75, 3.05) is 20.2 Å². The summed E-state index contributed by atoms with van der Waals surface area (Å²) in [5.74, 6) is 1.63. The summed E-state index contributed by atoms with van der Waals surface area (Å²) in [6, 6.07) is 6.47. The van der Waals surface area contributed by atoms with Crippen molar-refractivity contribution in [2.45, 2.75) is 47.5 Å². The van der Waals surface area contributed by atoms with E-state index in [1.165, 1.54) is 17.5 Å². The maximum atomic E-state index is 5.53. The zero-order chi connectivity index (χ0) is 15.2. The first-order valence-corrected chi connectivity index (χ1v) is 7.77. The topological polar surface area (TPSA) is 21.3 Å². The summed E-state index contributed by atoms with van der Waals surface area (Å²) in [6.07, 6.45) is 2.23.